The van der Waals surface area contributed by atoms with Crippen LogP contribution in [0.25, 0.3) is 6.08 Å². The first-order chi connectivity index (χ1) is 7.74. The molecule has 88 valence electrons. The first-order valence-electron chi connectivity index (χ1n) is 5.75. The maximum atomic E-state index is 6.28. The van der Waals surface area contributed by atoms with E-state index >= 15 is 0 Å². The molecule has 1 rings (SSSR count). The minimum absolute atomic E-state index is 0.0618. The van der Waals surface area contributed by atoms with Gasteiger partial charge < -0.3 is 0 Å². The molecule has 2 heteroatoms. The van der Waals surface area contributed by atoms with Gasteiger partial charge in [0.2, 0.25) is 0 Å². The van der Waals surface area contributed by atoms with Crippen LogP contribution in [-0.2, 0) is 0 Å². The summed E-state index contributed by atoms with van der Waals surface area (Å²) in [4.78, 5) is 0.370. The predicted octanol–water partition coefficient (Wildman–Crippen LogP) is 5.26. The molecular weight excluding hydrogens is 284 g/mol. The van der Waals surface area contributed by atoms with Gasteiger partial charge in [0.1, 0.15) is 0 Å². The minimum atomic E-state index is 0.0618. The quantitative estimate of drug-likeness (QED) is 0.629. The molecule has 0 fully saturated rings. The number of halogens is 2. The highest BCUT2D eigenvalue weighted by Gasteiger charge is 2.11. The molecule has 1 aromatic rings. The number of benzene rings is 1. The van der Waals surface area contributed by atoms with Crippen LogP contribution in [0.2, 0.25) is 0 Å². The molecule has 1 aromatic carbocycles. The average Bonchev–Trinajstić information content (AvgIpc) is 2.34. The fourth-order valence-corrected chi connectivity index (χ4v) is 2.14. The summed E-state index contributed by atoms with van der Waals surface area (Å²) in [5.41, 5.74) is 1.20. The Balaban J connectivity index is 2.44. The van der Waals surface area contributed by atoms with E-state index in [1.807, 2.05) is 18.2 Å². The third kappa shape index (κ3) is 5.18. The van der Waals surface area contributed by atoms with Gasteiger partial charge in [-0.2, -0.15) is 0 Å². The second-order valence-corrected chi connectivity index (χ2v) is 5.55. The largest absolute Gasteiger partial charge is 0.117 e. The number of hydrogen-bond donors (Lipinski definition) is 0. The smallest absolute Gasteiger partial charge is 0.0644 e. The van der Waals surface area contributed by atoms with Crippen molar-refractivity contribution < 1.29 is 0 Å². The number of hydrogen-bond acceptors (Lipinski definition) is 0. The lowest BCUT2D eigenvalue weighted by Crippen LogP contribution is -2.11. The van der Waals surface area contributed by atoms with Crippen LogP contribution in [0.15, 0.2) is 36.4 Å². The summed E-state index contributed by atoms with van der Waals surface area (Å²) in [6, 6.07) is 10.2. The van der Waals surface area contributed by atoms with Crippen LogP contribution in [0.1, 0.15) is 31.7 Å². The Morgan fingerprint density at radius 3 is 2.62 bits per heavy atom. The summed E-state index contributed by atoms with van der Waals surface area (Å²) in [6.07, 6.45) is 7.71. The van der Waals surface area contributed by atoms with Crippen LogP contribution in [0, 0.1) is 0 Å². The van der Waals surface area contributed by atoms with Crippen LogP contribution in [0.3, 0.4) is 0 Å². The zero-order chi connectivity index (χ0) is 11.8. The molecule has 0 aromatic heterocycles. The van der Waals surface area contributed by atoms with Crippen molar-refractivity contribution in [2.24, 2.45) is 0 Å². The summed E-state index contributed by atoms with van der Waals surface area (Å²) in [5, 5.41) is 0.0618. The van der Waals surface area contributed by atoms with Crippen LogP contribution in [-0.4, -0.2) is 10.2 Å². The van der Waals surface area contributed by atoms with Gasteiger partial charge in [0.25, 0.3) is 0 Å². The first-order valence-corrected chi connectivity index (χ1v) is 7.10. The first kappa shape index (κ1) is 13.8. The van der Waals surface area contributed by atoms with Gasteiger partial charge in [-0.05, 0) is 12.0 Å². The molecule has 0 spiro atoms. The van der Waals surface area contributed by atoms with E-state index in [0.29, 0.717) is 4.83 Å². The van der Waals surface area contributed by atoms with Crippen LogP contribution in [0.5, 0.6) is 0 Å². The van der Waals surface area contributed by atoms with E-state index in [1.54, 1.807) is 0 Å². The standard InChI is InChI=1S/C14H18BrCl/c1-2-3-9-13(15)14(16)11-10-12-7-5-4-6-8-12/h4-8,10-11,13-14H,2-3,9H2,1H3/b11-10+. The summed E-state index contributed by atoms with van der Waals surface area (Å²) >= 11 is 9.92. The van der Waals surface area contributed by atoms with Gasteiger partial charge in [0, 0.05) is 4.83 Å². The zero-order valence-corrected chi connectivity index (χ0v) is 11.9. The lowest BCUT2D eigenvalue weighted by molar-refractivity contribution is 0.698. The molecule has 0 amide bonds. The van der Waals surface area contributed by atoms with Crippen molar-refractivity contribution in [1.29, 1.82) is 0 Å². The molecule has 2 atom stereocenters. The molecule has 2 unspecified atom stereocenters. The molecule has 0 N–H and O–H groups in total. The van der Waals surface area contributed by atoms with Crippen molar-refractivity contribution in [3.8, 4) is 0 Å². The molecule has 16 heavy (non-hydrogen) atoms. The van der Waals surface area contributed by atoms with E-state index in [1.165, 1.54) is 18.4 Å². The van der Waals surface area contributed by atoms with Gasteiger partial charge in [-0.15, -0.1) is 11.6 Å². The molecule has 0 nitrogen and oxygen atoms in total. The Morgan fingerprint density at radius 2 is 2.00 bits per heavy atom. The Kier molecular flexibility index (Phi) is 6.82. The van der Waals surface area contributed by atoms with E-state index in [-0.39, 0.29) is 5.38 Å². The SMILES string of the molecule is CCCCC(Br)C(Cl)/C=C/c1ccccc1. The fraction of sp³-hybridized carbons (Fsp3) is 0.429. The van der Waals surface area contributed by atoms with Crippen molar-refractivity contribution in [2.75, 3.05) is 0 Å². The molecule has 0 bridgehead atoms. The van der Waals surface area contributed by atoms with E-state index in [2.05, 4.69) is 47.1 Å². The monoisotopic (exact) mass is 300 g/mol. The minimum Gasteiger partial charge on any atom is -0.117 e. The Morgan fingerprint density at radius 1 is 1.31 bits per heavy atom. The second-order valence-electron chi connectivity index (χ2n) is 3.87. The summed E-state index contributed by atoms with van der Waals surface area (Å²) < 4.78 is 0. The average molecular weight is 302 g/mol. The Bertz CT molecular complexity index is 308. The highest BCUT2D eigenvalue weighted by molar-refractivity contribution is 9.09. The Hall–Kier alpha value is -0.270. The predicted molar refractivity (Wildman–Crippen MR) is 77.4 cm³/mol. The zero-order valence-electron chi connectivity index (χ0n) is 9.57. The molecule has 0 radical (unpaired) electrons. The van der Waals surface area contributed by atoms with Gasteiger partial charge in [-0.1, -0.05) is 78.2 Å². The highest BCUT2D eigenvalue weighted by Crippen LogP contribution is 2.20. The number of allylic oxidation sites excluding steroid dienone is 1. The summed E-state index contributed by atoms with van der Waals surface area (Å²) in [5.74, 6) is 0. The van der Waals surface area contributed by atoms with Gasteiger partial charge in [-0.3, -0.25) is 0 Å². The fourth-order valence-electron chi connectivity index (χ4n) is 1.45. The number of unbranched alkanes of at least 4 members (excludes halogenated alkanes) is 1. The van der Waals surface area contributed by atoms with Crippen molar-refractivity contribution in [1.82, 2.24) is 0 Å². The van der Waals surface area contributed by atoms with Crippen molar-refractivity contribution in [3.05, 3.63) is 42.0 Å². The van der Waals surface area contributed by atoms with Crippen molar-refractivity contribution in [3.63, 3.8) is 0 Å². The molecular formula is C14H18BrCl. The number of alkyl halides is 2. The van der Waals surface area contributed by atoms with E-state index in [9.17, 15) is 0 Å². The molecule has 0 aliphatic heterocycles. The topological polar surface area (TPSA) is 0 Å². The number of rotatable bonds is 6. The van der Waals surface area contributed by atoms with Crippen LogP contribution < -0.4 is 0 Å². The molecule has 0 saturated carbocycles. The third-order valence-corrected chi connectivity index (χ3v) is 4.23. The molecule has 0 aliphatic rings. The van der Waals surface area contributed by atoms with E-state index in [0.717, 1.165) is 6.42 Å². The van der Waals surface area contributed by atoms with Crippen LogP contribution >= 0.6 is 27.5 Å². The molecule has 0 heterocycles. The van der Waals surface area contributed by atoms with Crippen molar-refractivity contribution >= 4 is 33.6 Å². The third-order valence-electron chi connectivity index (χ3n) is 2.45. The second kappa shape index (κ2) is 7.92. The van der Waals surface area contributed by atoms with E-state index < -0.39 is 0 Å². The van der Waals surface area contributed by atoms with Gasteiger partial charge >= 0.3 is 0 Å². The lowest BCUT2D eigenvalue weighted by Gasteiger charge is -2.11. The van der Waals surface area contributed by atoms with Crippen LogP contribution in [0.4, 0.5) is 0 Å². The lowest BCUT2D eigenvalue weighted by atomic mass is 10.1. The van der Waals surface area contributed by atoms with Gasteiger partial charge in [0.15, 0.2) is 0 Å². The Labute approximate surface area is 112 Å². The molecule has 0 aliphatic carbocycles. The van der Waals surface area contributed by atoms with E-state index in [4.69, 9.17) is 11.6 Å². The molecule has 0 saturated heterocycles. The maximum Gasteiger partial charge on any atom is 0.0644 e. The van der Waals surface area contributed by atoms with Gasteiger partial charge in [-0.25, -0.2) is 0 Å². The maximum absolute atomic E-state index is 6.28. The van der Waals surface area contributed by atoms with Crippen molar-refractivity contribution in [2.45, 2.75) is 36.4 Å². The van der Waals surface area contributed by atoms with Gasteiger partial charge in [0.05, 0.1) is 5.38 Å². The normalized spacial score (nSPS) is 15.2. The summed E-state index contributed by atoms with van der Waals surface area (Å²) in [6.45, 7) is 2.20. The highest BCUT2D eigenvalue weighted by atomic mass is 79.9. The summed E-state index contributed by atoms with van der Waals surface area (Å²) in [7, 11) is 0.